The SMILES string of the molecule is Cc1cc(C)nc(NC(=NCCc2c[nH]c3ccccc23)NC(=O)c2ccc(Br)cc2)n1. The van der Waals surface area contributed by atoms with Crippen molar-refractivity contribution in [3.05, 3.63) is 87.8 Å². The summed E-state index contributed by atoms with van der Waals surface area (Å²) in [6.45, 7) is 4.28. The zero-order valence-electron chi connectivity index (χ0n) is 17.8. The van der Waals surface area contributed by atoms with Crippen LogP contribution in [0, 0.1) is 13.8 Å². The standard InChI is InChI=1S/C24H23BrN6O/c1-15-13-16(2)29-24(28-15)31-23(30-22(32)17-7-9-19(25)10-8-17)26-12-11-18-14-27-21-6-4-3-5-20(18)21/h3-10,13-14,27H,11-12H2,1-2H3,(H2,26,28,29,30,31,32). The molecule has 7 nitrogen and oxygen atoms in total. The Morgan fingerprint density at radius 3 is 2.53 bits per heavy atom. The Labute approximate surface area is 194 Å². The maximum Gasteiger partial charge on any atom is 0.257 e. The molecule has 0 spiro atoms. The normalized spacial score (nSPS) is 11.5. The van der Waals surface area contributed by atoms with Gasteiger partial charge >= 0.3 is 0 Å². The number of hydrogen-bond acceptors (Lipinski definition) is 4. The number of nitrogens with zero attached hydrogens (tertiary/aromatic N) is 3. The van der Waals surface area contributed by atoms with E-state index < -0.39 is 0 Å². The third-order valence-electron chi connectivity index (χ3n) is 4.88. The number of carbonyl (C=O) groups excluding carboxylic acids is 1. The number of halogens is 1. The summed E-state index contributed by atoms with van der Waals surface area (Å²) in [6, 6.07) is 17.2. The fourth-order valence-electron chi connectivity index (χ4n) is 3.41. The monoisotopic (exact) mass is 490 g/mol. The number of H-pyrrole nitrogens is 1. The number of amides is 1. The molecular formula is C24H23BrN6O. The molecule has 0 fully saturated rings. The molecule has 162 valence electrons. The van der Waals surface area contributed by atoms with Gasteiger partial charge in [0, 0.05) is 45.1 Å². The van der Waals surface area contributed by atoms with E-state index in [1.54, 1.807) is 12.1 Å². The highest BCUT2D eigenvalue weighted by Crippen LogP contribution is 2.18. The van der Waals surface area contributed by atoms with Crippen LogP contribution < -0.4 is 10.6 Å². The number of benzene rings is 2. The van der Waals surface area contributed by atoms with Crippen molar-refractivity contribution in [2.24, 2.45) is 4.99 Å². The molecule has 8 heteroatoms. The van der Waals surface area contributed by atoms with Gasteiger partial charge in [0.2, 0.25) is 11.9 Å². The molecule has 2 heterocycles. The molecule has 0 aliphatic rings. The maximum atomic E-state index is 12.8. The first kappa shape index (κ1) is 21.7. The molecule has 0 aliphatic carbocycles. The topological polar surface area (TPSA) is 95.1 Å². The number of anilines is 1. The third-order valence-corrected chi connectivity index (χ3v) is 5.41. The Balaban J connectivity index is 1.54. The van der Waals surface area contributed by atoms with E-state index in [4.69, 9.17) is 0 Å². The molecule has 0 radical (unpaired) electrons. The van der Waals surface area contributed by atoms with Gasteiger partial charge in [0.15, 0.2) is 0 Å². The Morgan fingerprint density at radius 2 is 1.78 bits per heavy atom. The molecule has 0 saturated carbocycles. The summed E-state index contributed by atoms with van der Waals surface area (Å²) in [6.07, 6.45) is 2.72. The van der Waals surface area contributed by atoms with Crippen molar-refractivity contribution >= 4 is 44.6 Å². The van der Waals surface area contributed by atoms with Crippen LogP contribution in [0.5, 0.6) is 0 Å². The molecule has 0 atom stereocenters. The van der Waals surface area contributed by atoms with Crippen LogP contribution in [0.2, 0.25) is 0 Å². The first-order valence-electron chi connectivity index (χ1n) is 10.2. The Kier molecular flexibility index (Phi) is 6.61. The summed E-state index contributed by atoms with van der Waals surface area (Å²) in [4.78, 5) is 29.5. The van der Waals surface area contributed by atoms with E-state index in [0.29, 0.717) is 24.0 Å². The van der Waals surface area contributed by atoms with Crippen LogP contribution in [-0.4, -0.2) is 33.4 Å². The molecule has 32 heavy (non-hydrogen) atoms. The van der Waals surface area contributed by atoms with Gasteiger partial charge in [-0.25, -0.2) is 9.97 Å². The quantitative estimate of drug-likeness (QED) is 0.277. The van der Waals surface area contributed by atoms with Crippen molar-refractivity contribution < 1.29 is 4.79 Å². The number of hydrogen-bond donors (Lipinski definition) is 3. The van der Waals surface area contributed by atoms with E-state index >= 15 is 0 Å². The summed E-state index contributed by atoms with van der Waals surface area (Å²) >= 11 is 3.39. The van der Waals surface area contributed by atoms with Crippen molar-refractivity contribution in [2.75, 3.05) is 11.9 Å². The van der Waals surface area contributed by atoms with Gasteiger partial charge in [-0.15, -0.1) is 0 Å². The number of para-hydroxylation sites is 1. The lowest BCUT2D eigenvalue weighted by atomic mass is 10.1. The van der Waals surface area contributed by atoms with E-state index in [2.05, 4.69) is 52.6 Å². The van der Waals surface area contributed by atoms with E-state index in [0.717, 1.165) is 27.8 Å². The first-order chi connectivity index (χ1) is 15.5. The number of rotatable bonds is 5. The van der Waals surface area contributed by atoms with Gasteiger partial charge in [0.1, 0.15) is 0 Å². The molecule has 1 amide bonds. The molecular weight excluding hydrogens is 468 g/mol. The molecule has 2 aromatic heterocycles. The molecule has 2 aromatic carbocycles. The number of fused-ring (bicyclic) bond motifs is 1. The second-order valence-corrected chi connectivity index (χ2v) is 8.32. The first-order valence-corrected chi connectivity index (χ1v) is 11.0. The van der Waals surface area contributed by atoms with Crippen LogP contribution >= 0.6 is 15.9 Å². The van der Waals surface area contributed by atoms with Gasteiger partial charge in [-0.1, -0.05) is 34.1 Å². The number of aryl methyl sites for hydroxylation is 2. The van der Waals surface area contributed by atoms with Crippen molar-refractivity contribution in [3.8, 4) is 0 Å². The number of aliphatic imine (C=N–C) groups is 1. The zero-order valence-corrected chi connectivity index (χ0v) is 19.4. The molecule has 4 rings (SSSR count). The fraction of sp³-hybridized carbons (Fsp3) is 0.167. The number of aromatic nitrogens is 3. The lowest BCUT2D eigenvalue weighted by Crippen LogP contribution is -2.37. The minimum Gasteiger partial charge on any atom is -0.361 e. The largest absolute Gasteiger partial charge is 0.361 e. The van der Waals surface area contributed by atoms with Crippen LogP contribution in [0.4, 0.5) is 5.95 Å². The van der Waals surface area contributed by atoms with Crippen LogP contribution in [0.15, 0.2) is 70.3 Å². The minimum atomic E-state index is -0.264. The summed E-state index contributed by atoms with van der Waals surface area (Å²) in [5.74, 6) is 0.437. The van der Waals surface area contributed by atoms with Crippen LogP contribution in [0.3, 0.4) is 0 Å². The lowest BCUT2D eigenvalue weighted by Gasteiger charge is -2.12. The highest BCUT2D eigenvalue weighted by Gasteiger charge is 2.11. The van der Waals surface area contributed by atoms with E-state index in [9.17, 15) is 4.79 Å². The Morgan fingerprint density at radius 1 is 1.06 bits per heavy atom. The van der Waals surface area contributed by atoms with E-state index in [1.165, 1.54) is 10.9 Å². The highest BCUT2D eigenvalue weighted by molar-refractivity contribution is 9.10. The summed E-state index contributed by atoms with van der Waals surface area (Å²) < 4.78 is 0.906. The van der Waals surface area contributed by atoms with Crippen LogP contribution in [-0.2, 0) is 6.42 Å². The molecule has 0 aliphatic heterocycles. The number of aromatic amines is 1. The molecule has 0 saturated heterocycles. The second kappa shape index (κ2) is 9.74. The summed E-state index contributed by atoms with van der Waals surface area (Å²) in [7, 11) is 0. The van der Waals surface area contributed by atoms with Gasteiger partial charge in [-0.05, 0) is 62.2 Å². The Bertz CT molecular complexity index is 1260. The van der Waals surface area contributed by atoms with E-state index in [-0.39, 0.29) is 5.91 Å². The zero-order chi connectivity index (χ0) is 22.5. The summed E-state index contributed by atoms with van der Waals surface area (Å²) in [5, 5.41) is 7.10. The summed E-state index contributed by atoms with van der Waals surface area (Å²) in [5.41, 5.74) is 4.46. The minimum absolute atomic E-state index is 0.264. The van der Waals surface area contributed by atoms with Gasteiger partial charge < -0.3 is 4.98 Å². The number of guanidine groups is 1. The van der Waals surface area contributed by atoms with Crippen molar-refractivity contribution in [1.82, 2.24) is 20.3 Å². The average Bonchev–Trinajstić information content (AvgIpc) is 3.16. The molecule has 0 bridgehead atoms. The van der Waals surface area contributed by atoms with E-state index in [1.807, 2.05) is 56.4 Å². The predicted molar refractivity (Wildman–Crippen MR) is 131 cm³/mol. The van der Waals surface area contributed by atoms with Gasteiger partial charge in [-0.3, -0.25) is 20.4 Å². The van der Waals surface area contributed by atoms with Crippen LogP contribution in [0.25, 0.3) is 10.9 Å². The van der Waals surface area contributed by atoms with Crippen molar-refractivity contribution in [3.63, 3.8) is 0 Å². The van der Waals surface area contributed by atoms with Gasteiger partial charge in [-0.2, -0.15) is 0 Å². The third kappa shape index (κ3) is 5.39. The smallest absolute Gasteiger partial charge is 0.257 e. The van der Waals surface area contributed by atoms with Crippen molar-refractivity contribution in [1.29, 1.82) is 0 Å². The molecule has 3 N–H and O–H groups in total. The number of nitrogens with one attached hydrogen (secondary N) is 3. The average molecular weight is 491 g/mol. The second-order valence-electron chi connectivity index (χ2n) is 7.40. The number of carbonyl (C=O) groups is 1. The van der Waals surface area contributed by atoms with Crippen LogP contribution in [0.1, 0.15) is 27.3 Å². The highest BCUT2D eigenvalue weighted by atomic mass is 79.9. The predicted octanol–water partition coefficient (Wildman–Crippen LogP) is 4.78. The molecule has 0 unspecified atom stereocenters. The van der Waals surface area contributed by atoms with Crippen molar-refractivity contribution in [2.45, 2.75) is 20.3 Å². The Hall–Kier alpha value is -3.52. The van der Waals surface area contributed by atoms with Gasteiger partial charge in [0.25, 0.3) is 5.91 Å². The van der Waals surface area contributed by atoms with Gasteiger partial charge in [0.05, 0.1) is 0 Å². The molecule has 4 aromatic rings. The fourth-order valence-corrected chi connectivity index (χ4v) is 3.67. The lowest BCUT2D eigenvalue weighted by molar-refractivity contribution is 0.0977. The maximum absolute atomic E-state index is 12.8.